The fraction of sp³-hybridized carbons (Fsp3) is 0.462. The molecule has 0 spiro atoms. The molecule has 2 rings (SSSR count). The number of carbonyl (C=O) groups is 1. The lowest BCUT2D eigenvalue weighted by molar-refractivity contribution is -0.131. The topological polar surface area (TPSA) is 41.6 Å². The second kappa shape index (κ2) is 6.25. The summed E-state index contributed by atoms with van der Waals surface area (Å²) in [4.78, 5) is 13.7. The third kappa shape index (κ3) is 3.39. The summed E-state index contributed by atoms with van der Waals surface area (Å²) in [5.41, 5.74) is 0.750. The molecule has 1 aliphatic heterocycles. The van der Waals surface area contributed by atoms with Crippen LogP contribution in [0.2, 0.25) is 0 Å². The first-order valence-electron chi connectivity index (χ1n) is 6.00. The highest BCUT2D eigenvalue weighted by atomic mass is 32.2. The van der Waals surface area contributed by atoms with Gasteiger partial charge < -0.3 is 9.64 Å². The summed E-state index contributed by atoms with van der Waals surface area (Å²) in [6, 6.07) is 4.62. The molecule has 6 heteroatoms. The lowest BCUT2D eigenvalue weighted by Crippen LogP contribution is -2.42. The maximum Gasteiger partial charge on any atom is 0.240 e. The van der Waals surface area contributed by atoms with Crippen LogP contribution in [0.15, 0.2) is 18.2 Å². The van der Waals surface area contributed by atoms with Crippen molar-refractivity contribution in [2.24, 2.45) is 0 Å². The van der Waals surface area contributed by atoms with E-state index in [9.17, 15) is 9.18 Å². The molecule has 1 N–H and O–H groups in total. The Morgan fingerprint density at radius 2 is 2.42 bits per heavy atom. The molecule has 1 aromatic rings. The number of benzene rings is 1. The molecule has 1 aliphatic rings. The van der Waals surface area contributed by atoms with Crippen molar-refractivity contribution in [1.29, 1.82) is 0 Å². The van der Waals surface area contributed by atoms with Gasteiger partial charge in [0.2, 0.25) is 5.91 Å². The van der Waals surface area contributed by atoms with Crippen molar-refractivity contribution in [2.45, 2.75) is 12.6 Å². The lowest BCUT2D eigenvalue weighted by atomic mass is 10.2. The zero-order chi connectivity index (χ0) is 13.8. The maximum atomic E-state index is 13.6. The summed E-state index contributed by atoms with van der Waals surface area (Å²) >= 11 is 1.71. The van der Waals surface area contributed by atoms with E-state index >= 15 is 0 Å². The lowest BCUT2D eigenvalue weighted by Gasteiger charge is -2.21. The Morgan fingerprint density at radius 1 is 1.63 bits per heavy atom. The first-order valence-corrected chi connectivity index (χ1v) is 7.16. The molecule has 0 radical (unpaired) electrons. The fourth-order valence-corrected chi connectivity index (χ4v) is 2.91. The Kier molecular flexibility index (Phi) is 4.66. The van der Waals surface area contributed by atoms with Crippen molar-refractivity contribution < 1.29 is 13.9 Å². The normalized spacial score (nSPS) is 18.4. The Balaban J connectivity index is 1.99. The van der Waals surface area contributed by atoms with Gasteiger partial charge in [0, 0.05) is 25.2 Å². The molecule has 0 bridgehead atoms. The fourth-order valence-electron chi connectivity index (χ4n) is 1.98. The number of hydrogen-bond acceptors (Lipinski definition) is 4. The van der Waals surface area contributed by atoms with Crippen LogP contribution in [0.5, 0.6) is 5.75 Å². The van der Waals surface area contributed by atoms with Gasteiger partial charge >= 0.3 is 0 Å². The zero-order valence-electron chi connectivity index (χ0n) is 11.0. The third-order valence-electron chi connectivity index (χ3n) is 3.03. The van der Waals surface area contributed by atoms with Crippen LogP contribution in [0.4, 0.5) is 4.39 Å². The van der Waals surface area contributed by atoms with Gasteiger partial charge in [-0.3, -0.25) is 10.1 Å². The summed E-state index contributed by atoms with van der Waals surface area (Å²) in [7, 11) is 3.16. The van der Waals surface area contributed by atoms with Gasteiger partial charge in [-0.1, -0.05) is 6.07 Å². The van der Waals surface area contributed by atoms with E-state index in [0.717, 1.165) is 17.2 Å². The van der Waals surface area contributed by atoms with Crippen LogP contribution in [-0.4, -0.2) is 42.6 Å². The summed E-state index contributed by atoms with van der Waals surface area (Å²) < 4.78 is 18.4. The number of likely N-dealkylation sites (N-methyl/N-ethyl adjacent to an activating group) is 1. The minimum absolute atomic E-state index is 0.0428. The number of halogens is 1. The molecule has 4 nitrogen and oxygen atoms in total. The number of thioether (sulfide) groups is 1. The molecular formula is C13H17FN2O2S. The molecule has 1 heterocycles. The highest BCUT2D eigenvalue weighted by Gasteiger charge is 2.25. The van der Waals surface area contributed by atoms with Gasteiger partial charge in [-0.15, -0.1) is 11.8 Å². The first-order chi connectivity index (χ1) is 9.11. The highest BCUT2D eigenvalue weighted by Crippen LogP contribution is 2.19. The molecule has 1 aromatic carbocycles. The van der Waals surface area contributed by atoms with Crippen LogP contribution in [0.3, 0.4) is 0 Å². The summed E-state index contributed by atoms with van der Waals surface area (Å²) in [5.74, 6) is 1.45. The molecule has 104 valence electrons. The van der Waals surface area contributed by atoms with Crippen molar-refractivity contribution in [1.82, 2.24) is 10.2 Å². The summed E-state index contributed by atoms with van der Waals surface area (Å²) in [6.07, 6.45) is 0. The highest BCUT2D eigenvalue weighted by molar-refractivity contribution is 7.99. The molecular weight excluding hydrogens is 267 g/mol. The molecule has 1 atom stereocenters. The summed E-state index contributed by atoms with van der Waals surface area (Å²) in [5, 5.41) is 3.13. The number of ether oxygens (including phenoxy) is 1. The van der Waals surface area contributed by atoms with Crippen LogP contribution in [0.1, 0.15) is 5.56 Å². The van der Waals surface area contributed by atoms with Crippen molar-refractivity contribution >= 4 is 17.7 Å². The zero-order valence-corrected chi connectivity index (χ0v) is 11.8. The van der Waals surface area contributed by atoms with Gasteiger partial charge in [-0.05, 0) is 17.7 Å². The number of methoxy groups -OCH3 is 1. The van der Waals surface area contributed by atoms with E-state index in [1.54, 1.807) is 35.8 Å². The number of rotatable bonds is 4. The van der Waals surface area contributed by atoms with E-state index in [0.29, 0.717) is 6.54 Å². The Morgan fingerprint density at radius 3 is 3.00 bits per heavy atom. The van der Waals surface area contributed by atoms with Crippen LogP contribution in [-0.2, 0) is 11.3 Å². The van der Waals surface area contributed by atoms with Gasteiger partial charge in [-0.25, -0.2) is 4.39 Å². The van der Waals surface area contributed by atoms with E-state index in [2.05, 4.69) is 5.32 Å². The van der Waals surface area contributed by atoms with Crippen molar-refractivity contribution in [3.63, 3.8) is 0 Å². The quantitative estimate of drug-likeness (QED) is 0.909. The number of nitrogens with one attached hydrogen (secondary N) is 1. The SMILES string of the molecule is COc1ccc(CN(C)C(=O)[C@H]2CSCN2)cc1F. The van der Waals surface area contributed by atoms with E-state index < -0.39 is 5.82 Å². The molecule has 1 saturated heterocycles. The molecule has 0 aromatic heterocycles. The minimum atomic E-state index is -0.407. The van der Waals surface area contributed by atoms with E-state index in [1.165, 1.54) is 13.2 Å². The number of amides is 1. The first kappa shape index (κ1) is 14.1. The van der Waals surface area contributed by atoms with Crippen molar-refractivity contribution in [3.8, 4) is 5.75 Å². The van der Waals surface area contributed by atoms with Crippen LogP contribution < -0.4 is 10.1 Å². The predicted octanol–water partition coefficient (Wildman–Crippen LogP) is 1.46. The maximum absolute atomic E-state index is 13.6. The van der Waals surface area contributed by atoms with Gasteiger partial charge in [-0.2, -0.15) is 0 Å². The average molecular weight is 284 g/mol. The van der Waals surface area contributed by atoms with Gasteiger partial charge in [0.1, 0.15) is 0 Å². The van der Waals surface area contributed by atoms with Crippen LogP contribution in [0.25, 0.3) is 0 Å². The van der Waals surface area contributed by atoms with Gasteiger partial charge in [0.15, 0.2) is 11.6 Å². The van der Waals surface area contributed by atoms with Crippen molar-refractivity contribution in [2.75, 3.05) is 25.8 Å². The Hall–Kier alpha value is -1.27. The Labute approximate surface area is 116 Å². The molecule has 0 aliphatic carbocycles. The van der Waals surface area contributed by atoms with Crippen molar-refractivity contribution in [3.05, 3.63) is 29.6 Å². The standard InChI is InChI=1S/C13H17FN2O2S/c1-16(13(17)11-7-19-8-15-11)6-9-3-4-12(18-2)10(14)5-9/h3-5,11,15H,6-8H2,1-2H3/t11-/m1/s1. The molecule has 0 saturated carbocycles. The van der Waals surface area contributed by atoms with Gasteiger partial charge in [0.05, 0.1) is 13.2 Å². The van der Waals surface area contributed by atoms with E-state index in [4.69, 9.17) is 4.74 Å². The second-order valence-electron chi connectivity index (χ2n) is 4.44. The predicted molar refractivity (Wildman–Crippen MR) is 73.7 cm³/mol. The van der Waals surface area contributed by atoms with Gasteiger partial charge in [0.25, 0.3) is 0 Å². The second-order valence-corrected chi connectivity index (χ2v) is 5.47. The third-order valence-corrected chi connectivity index (χ3v) is 3.97. The molecule has 1 amide bonds. The minimum Gasteiger partial charge on any atom is -0.494 e. The summed E-state index contributed by atoms with van der Waals surface area (Å²) in [6.45, 7) is 0.391. The largest absolute Gasteiger partial charge is 0.494 e. The molecule has 19 heavy (non-hydrogen) atoms. The van der Waals surface area contributed by atoms with Crippen LogP contribution >= 0.6 is 11.8 Å². The van der Waals surface area contributed by atoms with E-state index in [-0.39, 0.29) is 17.7 Å². The monoisotopic (exact) mass is 284 g/mol. The molecule has 0 unspecified atom stereocenters. The Bertz CT molecular complexity index is 464. The number of nitrogens with zero attached hydrogens (tertiary/aromatic N) is 1. The molecule has 1 fully saturated rings. The van der Waals surface area contributed by atoms with E-state index in [1.807, 2.05) is 0 Å². The average Bonchev–Trinajstić information content (AvgIpc) is 2.92. The van der Waals surface area contributed by atoms with Crippen LogP contribution in [0, 0.1) is 5.82 Å². The smallest absolute Gasteiger partial charge is 0.240 e. The number of carbonyl (C=O) groups excluding carboxylic acids is 1. The number of hydrogen-bond donors (Lipinski definition) is 1.